The number of hydrogen-bond donors (Lipinski definition) is 0. The number of thiophene rings is 4. The molecule has 0 saturated heterocycles. The Kier molecular flexibility index (Phi) is 8.65. The lowest BCUT2D eigenvalue weighted by Gasteiger charge is -2.19. The van der Waals surface area contributed by atoms with E-state index in [1.165, 1.54) is 73.7 Å². The molecule has 0 N–H and O–H groups in total. The third kappa shape index (κ3) is 6.07. The maximum absolute atomic E-state index is 6.99. The second-order valence-electron chi connectivity index (χ2n) is 13.6. The van der Waals surface area contributed by atoms with Crippen molar-refractivity contribution in [3.05, 3.63) is 144 Å². The Morgan fingerprint density at radius 2 is 0.709 bits per heavy atom. The minimum atomic E-state index is 0.627. The Balaban J connectivity index is 1.20. The summed E-state index contributed by atoms with van der Waals surface area (Å²) in [5, 5.41) is 0. The Hall–Kier alpha value is -5.16. The van der Waals surface area contributed by atoms with Gasteiger partial charge in [0.25, 0.3) is 0 Å². The quantitative estimate of drug-likeness (QED) is 0.153. The normalized spacial score (nSPS) is 11.6. The number of aromatic nitrogens is 2. The fourth-order valence-corrected chi connectivity index (χ4v) is 13.2. The molecule has 55 heavy (non-hydrogen) atoms. The van der Waals surface area contributed by atoms with Crippen LogP contribution in [-0.4, -0.2) is 8.75 Å². The smallest absolute Gasteiger partial charge is 0.181 e. The minimum Gasteiger partial charge on any atom is -0.453 e. The summed E-state index contributed by atoms with van der Waals surface area (Å²) in [6, 6.07) is 42.2. The summed E-state index contributed by atoms with van der Waals surface area (Å²) in [6.45, 7) is 8.77. The fourth-order valence-electron chi connectivity index (χ4n) is 7.39. The maximum atomic E-state index is 6.99. The Bertz CT molecular complexity index is 2730. The molecule has 268 valence electrons. The zero-order valence-corrected chi connectivity index (χ0v) is 34.4. The third-order valence-electron chi connectivity index (χ3n) is 9.91. The molecule has 0 aliphatic heterocycles. The maximum Gasteiger partial charge on any atom is 0.181 e. The average molecular weight is 805 g/mol. The number of para-hydroxylation sites is 2. The van der Waals surface area contributed by atoms with E-state index in [2.05, 4.69) is 88.4 Å². The van der Waals surface area contributed by atoms with Gasteiger partial charge in [-0.2, -0.15) is 8.75 Å². The van der Waals surface area contributed by atoms with E-state index < -0.39 is 0 Å². The van der Waals surface area contributed by atoms with Gasteiger partial charge in [-0.3, -0.25) is 0 Å². The standard InChI is InChI=1S/C46H32N2O2S5/c1-25-13-11-14-26(2)39(25)35-21-31-33(51-35)23-37(53-31)41-43-44(48-55-47-43)42(38-24-34-32(54-38)22-36(52-34)40-27(3)15-12-16-28(40)4)46(50-30-19-9-6-10-20-30)45(41)49-29-17-7-5-8-18-29/h5-24H,1-4H3. The second-order valence-corrected chi connectivity index (χ2v) is 18.5. The molecule has 0 saturated carbocycles. The summed E-state index contributed by atoms with van der Waals surface area (Å²) in [4.78, 5) is 4.69. The highest BCUT2D eigenvalue weighted by atomic mass is 32.1. The molecule has 0 atom stereocenters. The molecule has 10 rings (SSSR count). The molecular weight excluding hydrogens is 773 g/mol. The molecule has 0 aliphatic rings. The van der Waals surface area contributed by atoms with E-state index in [4.69, 9.17) is 18.2 Å². The molecule has 0 amide bonds. The molecule has 5 aromatic heterocycles. The van der Waals surface area contributed by atoms with Crippen LogP contribution in [-0.2, 0) is 0 Å². The van der Waals surface area contributed by atoms with Crippen LogP contribution < -0.4 is 9.47 Å². The van der Waals surface area contributed by atoms with Crippen LogP contribution in [0.5, 0.6) is 23.0 Å². The number of ether oxygens (including phenoxy) is 2. The van der Waals surface area contributed by atoms with Crippen molar-refractivity contribution >= 4 is 86.9 Å². The lowest BCUT2D eigenvalue weighted by atomic mass is 10.0. The van der Waals surface area contributed by atoms with Crippen LogP contribution in [0.1, 0.15) is 22.3 Å². The van der Waals surface area contributed by atoms with Crippen molar-refractivity contribution in [1.29, 1.82) is 0 Å². The highest BCUT2D eigenvalue weighted by Crippen LogP contribution is 2.57. The molecule has 0 unspecified atom stereocenters. The lowest BCUT2D eigenvalue weighted by molar-refractivity contribution is 0.422. The molecule has 9 heteroatoms. The summed E-state index contributed by atoms with van der Waals surface area (Å²) in [5.74, 6) is 2.69. The predicted molar refractivity (Wildman–Crippen MR) is 238 cm³/mol. The zero-order chi connectivity index (χ0) is 37.2. The number of benzene rings is 5. The first-order valence-electron chi connectivity index (χ1n) is 17.9. The van der Waals surface area contributed by atoms with Gasteiger partial charge in [-0.05, 0) is 110 Å². The first-order valence-corrected chi connectivity index (χ1v) is 21.9. The Morgan fingerprint density at radius 1 is 0.382 bits per heavy atom. The Labute approximate surface area is 338 Å². The van der Waals surface area contributed by atoms with Gasteiger partial charge in [-0.15, -0.1) is 45.3 Å². The summed E-state index contributed by atoms with van der Waals surface area (Å²) in [6.07, 6.45) is 0. The van der Waals surface area contributed by atoms with Gasteiger partial charge in [0.05, 0.1) is 22.9 Å². The van der Waals surface area contributed by atoms with Crippen molar-refractivity contribution in [2.75, 3.05) is 0 Å². The summed E-state index contributed by atoms with van der Waals surface area (Å²) in [7, 11) is 0. The molecule has 10 aromatic rings. The Morgan fingerprint density at radius 3 is 1.05 bits per heavy atom. The number of nitrogens with zero attached hydrogens (tertiary/aromatic N) is 2. The molecule has 0 bridgehead atoms. The number of hydrogen-bond acceptors (Lipinski definition) is 9. The monoisotopic (exact) mass is 804 g/mol. The average Bonchev–Trinajstić information content (AvgIpc) is 4.01. The molecule has 0 radical (unpaired) electrons. The highest BCUT2D eigenvalue weighted by Gasteiger charge is 2.30. The van der Waals surface area contributed by atoms with Gasteiger partial charge in [0, 0.05) is 38.3 Å². The van der Waals surface area contributed by atoms with Gasteiger partial charge >= 0.3 is 0 Å². The number of aryl methyl sites for hydroxylation is 4. The molecular formula is C46H32N2O2S5. The molecule has 0 aliphatic carbocycles. The van der Waals surface area contributed by atoms with Crippen LogP contribution in [0, 0.1) is 27.7 Å². The van der Waals surface area contributed by atoms with Crippen LogP contribution in [0.2, 0.25) is 0 Å². The van der Waals surface area contributed by atoms with E-state index >= 15 is 0 Å². The van der Waals surface area contributed by atoms with Gasteiger partial charge in [-0.25, -0.2) is 0 Å². The van der Waals surface area contributed by atoms with Crippen LogP contribution >= 0.6 is 57.1 Å². The van der Waals surface area contributed by atoms with Crippen LogP contribution in [0.4, 0.5) is 0 Å². The van der Waals surface area contributed by atoms with Gasteiger partial charge in [0.15, 0.2) is 11.5 Å². The van der Waals surface area contributed by atoms with E-state index in [9.17, 15) is 0 Å². The molecule has 5 aromatic carbocycles. The highest BCUT2D eigenvalue weighted by molar-refractivity contribution is 7.31. The largest absolute Gasteiger partial charge is 0.453 e. The van der Waals surface area contributed by atoms with E-state index in [0.717, 1.165) is 43.4 Å². The molecule has 5 heterocycles. The fraction of sp³-hybridized carbons (Fsp3) is 0.0870. The van der Waals surface area contributed by atoms with Gasteiger partial charge in [-0.1, -0.05) is 72.8 Å². The van der Waals surface area contributed by atoms with Crippen molar-refractivity contribution in [2.24, 2.45) is 0 Å². The van der Waals surface area contributed by atoms with Crippen LogP contribution in [0.25, 0.3) is 71.6 Å². The first-order chi connectivity index (χ1) is 26.9. The zero-order valence-electron chi connectivity index (χ0n) is 30.3. The molecule has 4 nitrogen and oxygen atoms in total. The topological polar surface area (TPSA) is 44.2 Å². The third-order valence-corrected chi connectivity index (χ3v) is 15.1. The van der Waals surface area contributed by atoms with Gasteiger partial charge in [0.2, 0.25) is 0 Å². The summed E-state index contributed by atoms with van der Waals surface area (Å²) in [5.41, 5.74) is 11.2. The summed E-state index contributed by atoms with van der Waals surface area (Å²) < 4.78 is 28.9. The molecule has 0 fully saturated rings. The SMILES string of the molecule is Cc1cccc(C)c1-c1cc2sc(-c3c(Oc4ccccc4)c(Oc4ccccc4)c(-c4cc5sc(-c6c(C)cccc6C)cc5s4)c4nsnc34)cc2s1. The van der Waals surface area contributed by atoms with Gasteiger partial charge in [0.1, 0.15) is 22.5 Å². The molecule has 0 spiro atoms. The second kappa shape index (κ2) is 13.8. The van der Waals surface area contributed by atoms with Crippen molar-refractivity contribution in [1.82, 2.24) is 8.75 Å². The lowest BCUT2D eigenvalue weighted by Crippen LogP contribution is -1.97. The van der Waals surface area contributed by atoms with Crippen LogP contribution in [0.3, 0.4) is 0 Å². The van der Waals surface area contributed by atoms with Crippen molar-refractivity contribution in [2.45, 2.75) is 27.7 Å². The van der Waals surface area contributed by atoms with E-state index in [1.54, 1.807) is 22.7 Å². The van der Waals surface area contributed by atoms with E-state index in [-0.39, 0.29) is 0 Å². The summed E-state index contributed by atoms with van der Waals surface area (Å²) >= 11 is 8.41. The van der Waals surface area contributed by atoms with Crippen molar-refractivity contribution < 1.29 is 9.47 Å². The predicted octanol–water partition coefficient (Wildman–Crippen LogP) is 15.7. The number of rotatable bonds is 8. The number of fused-ring (bicyclic) bond motifs is 3. The van der Waals surface area contributed by atoms with Crippen molar-refractivity contribution in [3.63, 3.8) is 0 Å². The minimum absolute atomic E-state index is 0.627. The van der Waals surface area contributed by atoms with Crippen LogP contribution in [0.15, 0.2) is 121 Å². The van der Waals surface area contributed by atoms with Gasteiger partial charge < -0.3 is 9.47 Å². The van der Waals surface area contributed by atoms with E-state index in [0.29, 0.717) is 11.5 Å². The van der Waals surface area contributed by atoms with E-state index in [1.807, 2.05) is 83.3 Å². The first kappa shape index (κ1) is 34.3. The van der Waals surface area contributed by atoms with Crippen molar-refractivity contribution in [3.8, 4) is 64.8 Å².